The highest BCUT2D eigenvalue weighted by molar-refractivity contribution is 8.00. The fourth-order valence-electron chi connectivity index (χ4n) is 3.84. The largest absolute Gasteiger partial charge is 0.493 e. The molecule has 1 N–H and O–H groups in total. The fourth-order valence-corrected chi connectivity index (χ4v) is 4.77. The normalized spacial score (nSPS) is 11.0. The number of anilines is 1. The monoisotopic (exact) mass is 583 g/mol. The van der Waals surface area contributed by atoms with Gasteiger partial charge in [-0.15, -0.1) is 0 Å². The molecule has 11 heteroatoms. The van der Waals surface area contributed by atoms with Crippen LogP contribution in [0.2, 0.25) is 5.02 Å². The summed E-state index contributed by atoms with van der Waals surface area (Å²) < 4.78 is 49.9. The van der Waals surface area contributed by atoms with E-state index in [-0.39, 0.29) is 22.0 Å². The van der Waals surface area contributed by atoms with E-state index in [0.717, 1.165) is 29.5 Å². The third-order valence-corrected chi connectivity index (χ3v) is 6.97. The molecule has 0 saturated carbocycles. The maximum absolute atomic E-state index is 13.0. The lowest BCUT2D eigenvalue weighted by atomic mass is 9.99. The summed E-state index contributed by atoms with van der Waals surface area (Å²) in [6, 6.07) is 20.5. The van der Waals surface area contributed by atoms with Gasteiger partial charge in [0.05, 0.1) is 36.8 Å². The lowest BCUT2D eigenvalue weighted by Crippen LogP contribution is -2.15. The van der Waals surface area contributed by atoms with Gasteiger partial charge in [0.25, 0.3) is 0 Å². The van der Waals surface area contributed by atoms with Crippen LogP contribution in [-0.2, 0) is 11.0 Å². The molecule has 1 heterocycles. The van der Waals surface area contributed by atoms with Crippen LogP contribution in [-0.4, -0.2) is 30.9 Å². The minimum absolute atomic E-state index is 0.00910. The van der Waals surface area contributed by atoms with E-state index in [1.165, 1.54) is 26.4 Å². The van der Waals surface area contributed by atoms with Crippen molar-refractivity contribution in [3.8, 4) is 40.0 Å². The zero-order valence-electron chi connectivity index (χ0n) is 21.2. The van der Waals surface area contributed by atoms with Gasteiger partial charge in [0, 0.05) is 21.8 Å². The summed E-state index contributed by atoms with van der Waals surface area (Å²) >= 11 is 7.05. The van der Waals surface area contributed by atoms with E-state index < -0.39 is 17.6 Å². The molecule has 204 valence electrons. The summed E-state index contributed by atoms with van der Waals surface area (Å²) in [6.45, 7) is 0. The molecule has 4 aromatic rings. The van der Waals surface area contributed by atoms with E-state index in [1.54, 1.807) is 48.5 Å². The molecule has 0 saturated heterocycles. The third kappa shape index (κ3) is 6.68. The molecule has 1 aromatic heterocycles. The number of benzene rings is 3. The smallest absolute Gasteiger partial charge is 0.416 e. The summed E-state index contributed by atoms with van der Waals surface area (Å²) in [6.07, 6.45) is -4.54. The summed E-state index contributed by atoms with van der Waals surface area (Å²) in [5, 5.41) is 13.4. The predicted molar refractivity (Wildman–Crippen MR) is 149 cm³/mol. The number of rotatable bonds is 8. The van der Waals surface area contributed by atoms with Crippen LogP contribution in [0.3, 0.4) is 0 Å². The van der Waals surface area contributed by atoms with Crippen LogP contribution in [0.5, 0.6) is 11.5 Å². The molecule has 0 aliphatic heterocycles. The van der Waals surface area contributed by atoms with Crippen molar-refractivity contribution in [2.75, 3.05) is 25.3 Å². The Morgan fingerprint density at radius 1 is 1.00 bits per heavy atom. The van der Waals surface area contributed by atoms with E-state index in [1.807, 2.05) is 0 Å². The average molecular weight is 584 g/mol. The first-order chi connectivity index (χ1) is 19.1. The number of halogens is 4. The number of nitriles is 1. The molecule has 4 rings (SSSR count). The number of nitrogens with one attached hydrogen (secondary N) is 1. The fraction of sp³-hybridized carbons (Fsp3) is 0.138. The van der Waals surface area contributed by atoms with Crippen LogP contribution in [0.25, 0.3) is 22.4 Å². The van der Waals surface area contributed by atoms with Gasteiger partial charge >= 0.3 is 6.18 Å². The first-order valence-electron chi connectivity index (χ1n) is 11.7. The van der Waals surface area contributed by atoms with Gasteiger partial charge in [-0.1, -0.05) is 47.6 Å². The highest BCUT2D eigenvalue weighted by atomic mass is 35.5. The van der Waals surface area contributed by atoms with Gasteiger partial charge in [-0.3, -0.25) is 4.79 Å². The summed E-state index contributed by atoms with van der Waals surface area (Å²) in [5.41, 5.74) is 1.82. The van der Waals surface area contributed by atoms with Crippen molar-refractivity contribution in [1.29, 1.82) is 5.26 Å². The summed E-state index contributed by atoms with van der Waals surface area (Å²) in [4.78, 5) is 17.3. The Bertz CT molecular complexity index is 1590. The van der Waals surface area contributed by atoms with Crippen molar-refractivity contribution in [2.45, 2.75) is 11.2 Å². The minimum Gasteiger partial charge on any atom is -0.493 e. The van der Waals surface area contributed by atoms with Gasteiger partial charge in [0.15, 0.2) is 11.5 Å². The molecule has 6 nitrogen and oxygen atoms in total. The van der Waals surface area contributed by atoms with Gasteiger partial charge in [0.2, 0.25) is 5.91 Å². The first kappa shape index (κ1) is 28.8. The van der Waals surface area contributed by atoms with Gasteiger partial charge in [-0.2, -0.15) is 18.4 Å². The third-order valence-electron chi connectivity index (χ3n) is 5.75. The first-order valence-corrected chi connectivity index (χ1v) is 13.0. The number of methoxy groups -OCH3 is 2. The van der Waals surface area contributed by atoms with E-state index in [2.05, 4.69) is 16.4 Å². The number of hydrogen-bond donors (Lipinski definition) is 1. The maximum atomic E-state index is 13.0. The number of pyridine rings is 1. The number of carbonyl (C=O) groups is 1. The Morgan fingerprint density at radius 3 is 2.35 bits per heavy atom. The molecule has 1 amide bonds. The summed E-state index contributed by atoms with van der Waals surface area (Å²) in [7, 11) is 3.02. The van der Waals surface area contributed by atoms with Crippen molar-refractivity contribution in [2.24, 2.45) is 0 Å². The van der Waals surface area contributed by atoms with Crippen molar-refractivity contribution in [3.05, 3.63) is 88.9 Å². The lowest BCUT2D eigenvalue weighted by Gasteiger charge is -2.15. The zero-order chi connectivity index (χ0) is 28.9. The van der Waals surface area contributed by atoms with E-state index in [4.69, 9.17) is 21.1 Å². The average Bonchev–Trinajstić information content (AvgIpc) is 2.95. The van der Waals surface area contributed by atoms with Crippen LogP contribution < -0.4 is 14.8 Å². The molecule has 40 heavy (non-hydrogen) atoms. The standard InChI is InChI=1S/C29H21ClF3N3O3S/c1-38-25-11-8-18(12-26(25)39-2)22-14-24(17-6-9-20(30)10-7-17)36-28(23(22)15-34)40-16-27(37)35-21-5-3-4-19(13-21)29(31,32)33/h3-14H,16H2,1-2H3,(H,35,37). The number of alkyl halides is 3. The number of hydrogen-bond acceptors (Lipinski definition) is 6. The number of ether oxygens (including phenoxy) is 2. The van der Waals surface area contributed by atoms with Crippen molar-refractivity contribution in [3.63, 3.8) is 0 Å². The molecule has 0 aliphatic rings. The molecular formula is C29H21ClF3N3O3S. The molecule has 0 spiro atoms. The minimum atomic E-state index is -4.54. The number of thioether (sulfide) groups is 1. The van der Waals surface area contributed by atoms with Crippen LogP contribution in [0.1, 0.15) is 11.1 Å². The highest BCUT2D eigenvalue weighted by Crippen LogP contribution is 2.38. The molecule has 0 fully saturated rings. The van der Waals surface area contributed by atoms with E-state index in [0.29, 0.717) is 33.3 Å². The van der Waals surface area contributed by atoms with Crippen molar-refractivity contribution < 1.29 is 27.4 Å². The molecule has 0 radical (unpaired) electrons. The topological polar surface area (TPSA) is 84.2 Å². The predicted octanol–water partition coefficient (Wildman–Crippen LogP) is 7.71. The molecule has 3 aromatic carbocycles. The highest BCUT2D eigenvalue weighted by Gasteiger charge is 2.30. The zero-order valence-corrected chi connectivity index (χ0v) is 22.7. The Labute approximate surface area is 237 Å². The van der Waals surface area contributed by atoms with Crippen molar-refractivity contribution in [1.82, 2.24) is 4.98 Å². The molecule has 0 unspecified atom stereocenters. The molecule has 0 aliphatic carbocycles. The second kappa shape index (κ2) is 12.3. The van der Waals surface area contributed by atoms with E-state index in [9.17, 15) is 23.2 Å². The van der Waals surface area contributed by atoms with Gasteiger partial charge < -0.3 is 14.8 Å². The van der Waals surface area contributed by atoms with E-state index >= 15 is 0 Å². The Kier molecular flexibility index (Phi) is 8.87. The quantitative estimate of drug-likeness (QED) is 0.214. The molecule has 0 bridgehead atoms. The number of carbonyl (C=O) groups excluding carboxylic acids is 1. The van der Waals surface area contributed by atoms with Crippen LogP contribution in [0.4, 0.5) is 18.9 Å². The summed E-state index contributed by atoms with van der Waals surface area (Å²) in [5.74, 6) is 0.216. The van der Waals surface area contributed by atoms with Gasteiger partial charge in [-0.25, -0.2) is 4.98 Å². The van der Waals surface area contributed by atoms with Crippen LogP contribution >= 0.6 is 23.4 Å². The number of amides is 1. The van der Waals surface area contributed by atoms with Gasteiger partial charge in [0.1, 0.15) is 11.1 Å². The Balaban J connectivity index is 1.70. The van der Waals surface area contributed by atoms with Crippen LogP contribution in [0, 0.1) is 11.3 Å². The second-order valence-corrected chi connectivity index (χ2v) is 9.74. The maximum Gasteiger partial charge on any atom is 0.416 e. The molecule has 0 atom stereocenters. The number of aromatic nitrogens is 1. The second-order valence-electron chi connectivity index (χ2n) is 8.34. The number of nitrogens with zero attached hydrogens (tertiary/aromatic N) is 2. The van der Waals surface area contributed by atoms with Gasteiger partial charge in [-0.05, 0) is 54.1 Å². The Hall–Kier alpha value is -4.20. The van der Waals surface area contributed by atoms with Crippen molar-refractivity contribution >= 4 is 35.0 Å². The lowest BCUT2D eigenvalue weighted by molar-refractivity contribution is -0.137. The van der Waals surface area contributed by atoms with Crippen LogP contribution in [0.15, 0.2) is 77.8 Å². The Morgan fingerprint density at radius 2 is 1.70 bits per heavy atom. The SMILES string of the molecule is COc1ccc(-c2cc(-c3ccc(Cl)cc3)nc(SCC(=O)Nc3cccc(C(F)(F)F)c3)c2C#N)cc1OC. The molecular weight excluding hydrogens is 563 g/mol.